The number of anilines is 6. The number of carbonyl (C=O) groups is 2. The van der Waals surface area contributed by atoms with Crippen LogP contribution < -0.4 is 25.6 Å². The first-order valence-electron chi connectivity index (χ1n) is 11.4. The molecule has 1 aromatic carbocycles. The summed E-state index contributed by atoms with van der Waals surface area (Å²) in [5.74, 6) is 2.58. The maximum Gasteiger partial charge on any atom is 0.290 e. The largest absolute Gasteiger partial charge is 0.483 e. The van der Waals surface area contributed by atoms with Crippen LogP contribution in [0, 0.1) is 6.92 Å². The fraction of sp³-hybridized carbons (Fsp3) is 0.292. The number of hydrogen-bond donors (Lipinski definition) is 4. The molecule has 2 aliphatic heterocycles. The number of benzene rings is 1. The van der Waals surface area contributed by atoms with Gasteiger partial charge in [0.2, 0.25) is 5.95 Å². The molecule has 188 valence electrons. The van der Waals surface area contributed by atoms with E-state index in [0.29, 0.717) is 23.2 Å². The van der Waals surface area contributed by atoms with Gasteiger partial charge in [0.05, 0.1) is 17.6 Å². The third-order valence-corrected chi connectivity index (χ3v) is 5.68. The summed E-state index contributed by atoms with van der Waals surface area (Å²) in [7, 11) is 2.14. The van der Waals surface area contributed by atoms with Crippen molar-refractivity contribution in [1.82, 2.24) is 19.9 Å². The number of piperazine rings is 1. The van der Waals surface area contributed by atoms with Crippen molar-refractivity contribution in [3.8, 4) is 5.75 Å². The first-order chi connectivity index (χ1) is 17.4. The highest BCUT2D eigenvalue weighted by atomic mass is 16.5. The molecule has 12 heteroatoms. The van der Waals surface area contributed by atoms with E-state index in [1.54, 1.807) is 12.4 Å². The van der Waals surface area contributed by atoms with Gasteiger partial charge in [0.15, 0.2) is 6.61 Å². The predicted octanol–water partition coefficient (Wildman–Crippen LogP) is 2.45. The van der Waals surface area contributed by atoms with E-state index in [1.807, 2.05) is 37.3 Å². The summed E-state index contributed by atoms with van der Waals surface area (Å²) in [5, 5.41) is 16.2. The number of rotatable bonds is 5. The highest BCUT2D eigenvalue weighted by Gasteiger charge is 2.17. The summed E-state index contributed by atoms with van der Waals surface area (Å²) in [6.45, 7) is 5.75. The lowest BCUT2D eigenvalue weighted by Gasteiger charge is -2.33. The second-order valence-corrected chi connectivity index (χ2v) is 8.32. The average Bonchev–Trinajstić information content (AvgIpc) is 2.87. The van der Waals surface area contributed by atoms with Gasteiger partial charge >= 0.3 is 0 Å². The van der Waals surface area contributed by atoms with E-state index < -0.39 is 0 Å². The van der Waals surface area contributed by atoms with Gasteiger partial charge in [-0.3, -0.25) is 9.59 Å². The molecular weight excluding hydrogens is 464 g/mol. The van der Waals surface area contributed by atoms with E-state index in [-0.39, 0.29) is 19.0 Å². The second-order valence-electron chi connectivity index (χ2n) is 8.32. The third-order valence-electron chi connectivity index (χ3n) is 5.68. The fourth-order valence-corrected chi connectivity index (χ4v) is 3.74. The Morgan fingerprint density at radius 1 is 1.06 bits per heavy atom. The number of ether oxygens (including phenoxy) is 1. The minimum atomic E-state index is -0.250. The molecule has 0 saturated carbocycles. The van der Waals surface area contributed by atoms with Crippen LogP contribution in [-0.4, -0.2) is 77.2 Å². The van der Waals surface area contributed by atoms with Gasteiger partial charge in [-0.05, 0) is 44.3 Å². The Bertz CT molecular complexity index is 1210. The Labute approximate surface area is 208 Å². The van der Waals surface area contributed by atoms with Crippen molar-refractivity contribution in [2.45, 2.75) is 6.92 Å². The lowest BCUT2D eigenvalue weighted by molar-refractivity contribution is -0.123. The summed E-state index contributed by atoms with van der Waals surface area (Å²) in [5.41, 5.74) is 3.12. The zero-order valence-corrected chi connectivity index (χ0v) is 20.1. The Hall–Kier alpha value is -4.45. The number of carbonyl (C=O) groups excluding carboxylic acids is 1. The van der Waals surface area contributed by atoms with E-state index in [2.05, 4.69) is 47.7 Å². The monoisotopic (exact) mass is 492 g/mol. The topological polar surface area (TPSA) is 145 Å². The van der Waals surface area contributed by atoms with Gasteiger partial charge in [-0.2, -0.15) is 4.98 Å². The average molecular weight is 493 g/mol. The normalized spacial score (nSPS) is 14.9. The number of pyridine rings is 1. The van der Waals surface area contributed by atoms with Crippen LogP contribution in [0.1, 0.15) is 5.56 Å². The number of likely N-dealkylation sites (N-methyl/N-ethyl adjacent to an activating group) is 1. The van der Waals surface area contributed by atoms with Gasteiger partial charge in [0.1, 0.15) is 17.4 Å². The maximum atomic E-state index is 11.6. The molecule has 4 N–H and O–H groups in total. The number of carboxylic acid groups (broad SMARTS) is 1. The second kappa shape index (κ2) is 11.3. The van der Waals surface area contributed by atoms with Crippen molar-refractivity contribution in [2.24, 2.45) is 0 Å². The van der Waals surface area contributed by atoms with Crippen molar-refractivity contribution >= 4 is 47.0 Å². The zero-order chi connectivity index (χ0) is 25.5. The summed E-state index contributed by atoms with van der Waals surface area (Å²) < 4.78 is 5.42. The standard InChI is InChI=1S/C23H26N8O2.CH2O2/c1-15-12-25-23(27-17-4-6-20(24-13-17)31-9-7-30(2)8-10-31)29-22(15)26-16-3-5-19-18(11-16)28-21(32)14-33-19;2-1-3/h3-6,11-13H,7-10,14H2,1-2H3,(H,28,32)(H2,25,26,27,29);1H,(H,2,3). The smallest absolute Gasteiger partial charge is 0.290 e. The number of aromatic nitrogens is 3. The first kappa shape index (κ1) is 24.7. The summed E-state index contributed by atoms with van der Waals surface area (Å²) >= 11 is 0. The summed E-state index contributed by atoms with van der Waals surface area (Å²) in [6, 6.07) is 9.53. The minimum Gasteiger partial charge on any atom is -0.483 e. The zero-order valence-electron chi connectivity index (χ0n) is 20.1. The Kier molecular flexibility index (Phi) is 7.75. The molecule has 2 aliphatic rings. The molecule has 0 spiro atoms. The molecule has 36 heavy (non-hydrogen) atoms. The van der Waals surface area contributed by atoms with E-state index >= 15 is 0 Å². The highest BCUT2D eigenvalue weighted by Crippen LogP contribution is 2.32. The van der Waals surface area contributed by atoms with Gasteiger partial charge in [0, 0.05) is 43.6 Å². The molecule has 1 saturated heterocycles. The number of nitrogens with one attached hydrogen (secondary N) is 3. The number of aryl methyl sites for hydroxylation is 1. The molecule has 5 rings (SSSR count). The third kappa shape index (κ3) is 6.16. The molecule has 0 unspecified atom stereocenters. The van der Waals surface area contributed by atoms with Crippen LogP contribution in [0.25, 0.3) is 0 Å². The lowest BCUT2D eigenvalue weighted by atomic mass is 10.2. The van der Waals surface area contributed by atoms with Crippen molar-refractivity contribution in [3.05, 3.63) is 48.3 Å². The van der Waals surface area contributed by atoms with Crippen molar-refractivity contribution in [3.63, 3.8) is 0 Å². The molecule has 12 nitrogen and oxygen atoms in total. The molecule has 4 heterocycles. The van der Waals surface area contributed by atoms with Gasteiger partial charge < -0.3 is 35.6 Å². The van der Waals surface area contributed by atoms with Gasteiger partial charge in [0.25, 0.3) is 12.4 Å². The summed E-state index contributed by atoms with van der Waals surface area (Å²) in [6.07, 6.45) is 3.56. The number of amides is 1. The molecule has 0 atom stereocenters. The first-order valence-corrected chi connectivity index (χ1v) is 11.4. The van der Waals surface area contributed by atoms with Crippen LogP contribution in [0.5, 0.6) is 5.75 Å². The van der Waals surface area contributed by atoms with E-state index in [4.69, 9.17) is 14.6 Å². The number of hydrogen-bond acceptors (Lipinski definition) is 10. The maximum absolute atomic E-state index is 11.6. The Morgan fingerprint density at radius 2 is 1.81 bits per heavy atom. The quantitative estimate of drug-likeness (QED) is 0.390. The van der Waals surface area contributed by atoms with Crippen LogP contribution in [-0.2, 0) is 9.59 Å². The van der Waals surface area contributed by atoms with E-state index in [1.165, 1.54) is 0 Å². The van der Waals surface area contributed by atoms with Crippen LogP contribution in [0.3, 0.4) is 0 Å². The summed E-state index contributed by atoms with van der Waals surface area (Å²) in [4.78, 5) is 38.2. The Balaban J connectivity index is 0.000000967. The van der Waals surface area contributed by atoms with Crippen LogP contribution in [0.4, 0.5) is 34.6 Å². The molecule has 2 aromatic heterocycles. The fourth-order valence-electron chi connectivity index (χ4n) is 3.74. The molecule has 0 aliphatic carbocycles. The predicted molar refractivity (Wildman–Crippen MR) is 137 cm³/mol. The van der Waals surface area contributed by atoms with Gasteiger partial charge in [-0.1, -0.05) is 0 Å². The van der Waals surface area contributed by atoms with Crippen LogP contribution in [0.15, 0.2) is 42.7 Å². The van der Waals surface area contributed by atoms with Gasteiger partial charge in [-0.15, -0.1) is 0 Å². The highest BCUT2D eigenvalue weighted by molar-refractivity contribution is 5.96. The SMILES string of the molecule is Cc1cnc(Nc2ccc(N3CCN(C)CC3)nc2)nc1Nc1ccc2c(c1)NC(=O)CO2.O=CO. The van der Waals surface area contributed by atoms with E-state index in [0.717, 1.165) is 48.9 Å². The van der Waals surface area contributed by atoms with Crippen molar-refractivity contribution < 1.29 is 19.4 Å². The van der Waals surface area contributed by atoms with Crippen LogP contribution in [0.2, 0.25) is 0 Å². The van der Waals surface area contributed by atoms with Crippen molar-refractivity contribution in [2.75, 3.05) is 60.7 Å². The lowest BCUT2D eigenvalue weighted by Crippen LogP contribution is -2.44. The molecular formula is C24H28N8O4. The molecule has 0 bridgehead atoms. The minimum absolute atomic E-state index is 0.0328. The number of nitrogens with zero attached hydrogens (tertiary/aromatic N) is 5. The molecule has 0 radical (unpaired) electrons. The van der Waals surface area contributed by atoms with Crippen molar-refractivity contribution in [1.29, 1.82) is 0 Å². The van der Waals surface area contributed by atoms with Crippen LogP contribution >= 0.6 is 0 Å². The number of fused-ring (bicyclic) bond motifs is 1. The van der Waals surface area contributed by atoms with E-state index in [9.17, 15) is 4.79 Å². The Morgan fingerprint density at radius 3 is 2.53 bits per heavy atom. The molecule has 1 amide bonds. The van der Waals surface area contributed by atoms with Gasteiger partial charge in [-0.25, -0.2) is 9.97 Å². The molecule has 3 aromatic rings. The molecule has 1 fully saturated rings.